The Kier molecular flexibility index (Phi) is 40.6. The van der Waals surface area contributed by atoms with E-state index < -0.39 is 13.9 Å². The first kappa shape index (κ1) is 52.9. The van der Waals surface area contributed by atoms with E-state index >= 15 is 0 Å². The molecule has 9 heteroatoms. The lowest BCUT2D eigenvalue weighted by molar-refractivity contribution is -0.154. The number of hydrogen-bond donors (Lipinski definition) is 2. The van der Waals surface area contributed by atoms with Gasteiger partial charge in [0.1, 0.15) is 6.10 Å². The fourth-order valence-corrected chi connectivity index (χ4v) is 5.64. The largest absolute Gasteiger partial charge is 0.472 e. The summed E-state index contributed by atoms with van der Waals surface area (Å²) in [4.78, 5) is 22.5. The van der Waals surface area contributed by atoms with Gasteiger partial charge in [-0.3, -0.25) is 13.8 Å². The van der Waals surface area contributed by atoms with Crippen LogP contribution in [0.4, 0.5) is 0 Å². The number of phosphoric acid groups is 1. The molecular weight excluding hydrogens is 721 g/mol. The molecule has 0 aromatic carbocycles. The lowest BCUT2D eigenvalue weighted by atomic mass is 10.1. The van der Waals surface area contributed by atoms with Crippen LogP contribution in [0.25, 0.3) is 0 Å². The normalized spacial score (nSPS) is 14.7. The maximum absolute atomic E-state index is 12.6. The molecule has 8 nitrogen and oxygen atoms in total. The molecule has 0 radical (unpaired) electrons. The molecule has 0 aliphatic heterocycles. The highest BCUT2D eigenvalue weighted by Crippen LogP contribution is 2.43. The molecular formula is C47H76NO7P. The van der Waals surface area contributed by atoms with Crippen molar-refractivity contribution in [2.75, 3.05) is 33.0 Å². The molecule has 3 N–H and O–H groups in total. The Bertz CT molecular complexity index is 1260. The summed E-state index contributed by atoms with van der Waals surface area (Å²) < 4.78 is 33.3. The van der Waals surface area contributed by atoms with Gasteiger partial charge in [-0.2, -0.15) is 0 Å². The summed E-state index contributed by atoms with van der Waals surface area (Å²) in [5.41, 5.74) is 5.36. The smallest absolute Gasteiger partial charge is 0.457 e. The van der Waals surface area contributed by atoms with Gasteiger partial charge in [0.2, 0.25) is 0 Å². The number of carbonyl (C=O) groups is 1. The van der Waals surface area contributed by atoms with Crippen molar-refractivity contribution >= 4 is 13.8 Å². The van der Waals surface area contributed by atoms with Crippen molar-refractivity contribution in [1.82, 2.24) is 0 Å². The first-order valence-corrected chi connectivity index (χ1v) is 22.5. The molecule has 0 aromatic heterocycles. The van der Waals surface area contributed by atoms with Gasteiger partial charge in [-0.25, -0.2) is 4.57 Å². The van der Waals surface area contributed by atoms with Crippen LogP contribution in [0.3, 0.4) is 0 Å². The summed E-state index contributed by atoms with van der Waals surface area (Å²) in [5.74, 6) is -0.383. The van der Waals surface area contributed by atoms with Gasteiger partial charge in [-0.05, 0) is 103 Å². The summed E-state index contributed by atoms with van der Waals surface area (Å²) in [6.45, 7) is 4.48. The molecule has 0 saturated heterocycles. The van der Waals surface area contributed by atoms with E-state index in [1.165, 1.54) is 0 Å². The summed E-state index contributed by atoms with van der Waals surface area (Å²) >= 11 is 0. The van der Waals surface area contributed by atoms with Crippen molar-refractivity contribution in [1.29, 1.82) is 0 Å². The van der Waals surface area contributed by atoms with Gasteiger partial charge in [0.15, 0.2) is 0 Å². The van der Waals surface area contributed by atoms with Crippen LogP contribution >= 0.6 is 7.82 Å². The van der Waals surface area contributed by atoms with Crippen molar-refractivity contribution < 1.29 is 32.8 Å². The monoisotopic (exact) mass is 798 g/mol. The number of carbonyl (C=O) groups excluding carboxylic acids is 1. The molecule has 0 fully saturated rings. The van der Waals surface area contributed by atoms with E-state index in [2.05, 4.69) is 135 Å². The zero-order valence-corrected chi connectivity index (χ0v) is 35.7. The third kappa shape index (κ3) is 42.1. The fraction of sp³-hybridized carbons (Fsp3) is 0.553. The fourth-order valence-electron chi connectivity index (χ4n) is 4.87. The molecule has 2 unspecified atom stereocenters. The van der Waals surface area contributed by atoms with E-state index in [0.29, 0.717) is 13.0 Å². The van der Waals surface area contributed by atoms with Crippen LogP contribution < -0.4 is 5.73 Å². The summed E-state index contributed by atoms with van der Waals surface area (Å²) in [6, 6.07) is 0. The molecule has 0 spiro atoms. The lowest BCUT2D eigenvalue weighted by Gasteiger charge is -2.20. The average Bonchev–Trinajstić information content (AvgIpc) is 3.19. The highest BCUT2D eigenvalue weighted by molar-refractivity contribution is 7.47. The van der Waals surface area contributed by atoms with Gasteiger partial charge >= 0.3 is 13.8 Å². The number of unbranched alkanes of at least 4 members (excludes halogenated alkanes) is 5. The molecule has 0 saturated carbocycles. The quantitative estimate of drug-likeness (QED) is 0.0274. The van der Waals surface area contributed by atoms with Gasteiger partial charge in [0.05, 0.1) is 19.8 Å². The zero-order chi connectivity index (χ0) is 40.9. The molecule has 0 bridgehead atoms. The molecule has 0 amide bonds. The Morgan fingerprint density at radius 2 is 0.946 bits per heavy atom. The maximum atomic E-state index is 12.6. The van der Waals surface area contributed by atoms with Gasteiger partial charge in [0, 0.05) is 19.6 Å². The lowest BCUT2D eigenvalue weighted by Crippen LogP contribution is -2.28. The summed E-state index contributed by atoms with van der Waals surface area (Å²) in [7, 11) is -4.31. The average molecular weight is 798 g/mol. The predicted molar refractivity (Wildman–Crippen MR) is 237 cm³/mol. The topological polar surface area (TPSA) is 117 Å². The summed E-state index contributed by atoms with van der Waals surface area (Å²) in [5, 5.41) is 0. The summed E-state index contributed by atoms with van der Waals surface area (Å²) in [6.07, 6.45) is 59.4. The Morgan fingerprint density at radius 3 is 1.38 bits per heavy atom. The van der Waals surface area contributed by atoms with Gasteiger partial charge < -0.3 is 20.1 Å². The van der Waals surface area contributed by atoms with Crippen molar-refractivity contribution in [3.8, 4) is 0 Å². The standard InChI is InChI=1S/C47H76NO7P/c1-3-5-7-9-11-13-15-17-19-21-23-24-26-28-30-32-34-36-38-40-47(49)55-46(45-54-56(50,51)53-43-41-48)44-52-42-39-37-35-33-31-29-27-25-22-20-18-16-14-12-10-8-6-4-2/h5-8,11-14,17-20,23-25,27-28,30-31,33,46H,3-4,9-10,15-16,21-22,26,29,32,34-45,48H2,1-2H3,(H,50,51)/b7-5-,8-6-,13-11-,14-12-,19-17-,20-18-,24-23-,27-25-,30-28-,33-31-. The highest BCUT2D eigenvalue weighted by atomic mass is 31.2. The van der Waals surface area contributed by atoms with Crippen LogP contribution in [0.5, 0.6) is 0 Å². The third-order valence-electron chi connectivity index (χ3n) is 7.87. The molecule has 0 heterocycles. The Morgan fingerprint density at radius 1 is 0.536 bits per heavy atom. The van der Waals surface area contributed by atoms with Crippen LogP contribution in [0.15, 0.2) is 122 Å². The minimum absolute atomic E-state index is 0.0639. The molecule has 0 rings (SSSR count). The minimum atomic E-state index is -4.31. The number of allylic oxidation sites excluding steroid dienone is 20. The molecule has 316 valence electrons. The van der Waals surface area contributed by atoms with Crippen LogP contribution in [0, 0.1) is 0 Å². The number of rotatable bonds is 38. The molecule has 0 aromatic rings. The Hall–Kier alpha value is -3.10. The third-order valence-corrected chi connectivity index (χ3v) is 8.86. The van der Waals surface area contributed by atoms with Crippen LogP contribution in [0.1, 0.15) is 129 Å². The van der Waals surface area contributed by atoms with E-state index in [0.717, 1.165) is 103 Å². The zero-order valence-electron chi connectivity index (χ0n) is 34.8. The molecule has 2 atom stereocenters. The molecule has 56 heavy (non-hydrogen) atoms. The minimum Gasteiger partial charge on any atom is -0.457 e. The van der Waals surface area contributed by atoms with Gasteiger partial charge in [-0.15, -0.1) is 0 Å². The highest BCUT2D eigenvalue weighted by Gasteiger charge is 2.25. The van der Waals surface area contributed by atoms with Gasteiger partial charge in [-0.1, -0.05) is 142 Å². The van der Waals surface area contributed by atoms with E-state index in [4.69, 9.17) is 24.3 Å². The molecule has 0 aliphatic carbocycles. The number of nitrogens with two attached hydrogens (primary N) is 1. The van der Waals surface area contributed by atoms with E-state index in [1.807, 2.05) is 0 Å². The van der Waals surface area contributed by atoms with E-state index in [-0.39, 0.29) is 38.8 Å². The first-order chi connectivity index (χ1) is 27.4. The van der Waals surface area contributed by atoms with E-state index in [9.17, 15) is 14.3 Å². The maximum Gasteiger partial charge on any atom is 0.472 e. The molecule has 0 aliphatic rings. The first-order valence-electron chi connectivity index (χ1n) is 21.0. The van der Waals surface area contributed by atoms with Crippen molar-refractivity contribution in [3.05, 3.63) is 122 Å². The number of hydrogen-bond acceptors (Lipinski definition) is 7. The predicted octanol–water partition coefficient (Wildman–Crippen LogP) is 12.6. The van der Waals surface area contributed by atoms with Crippen molar-refractivity contribution in [2.24, 2.45) is 5.73 Å². The van der Waals surface area contributed by atoms with Crippen LogP contribution in [-0.2, 0) is 27.9 Å². The number of ether oxygens (including phenoxy) is 2. The second kappa shape index (κ2) is 43.0. The second-order valence-corrected chi connectivity index (χ2v) is 14.5. The number of esters is 1. The van der Waals surface area contributed by atoms with Crippen LogP contribution in [0.2, 0.25) is 0 Å². The van der Waals surface area contributed by atoms with E-state index in [1.54, 1.807) is 0 Å². The van der Waals surface area contributed by atoms with Crippen molar-refractivity contribution in [2.45, 2.75) is 136 Å². The Labute approximate surface area is 341 Å². The van der Waals surface area contributed by atoms with Crippen LogP contribution in [-0.4, -0.2) is 49.9 Å². The second-order valence-electron chi connectivity index (χ2n) is 13.1. The number of phosphoric ester groups is 1. The Balaban J connectivity index is 4.25. The van der Waals surface area contributed by atoms with Crippen molar-refractivity contribution in [3.63, 3.8) is 0 Å². The van der Waals surface area contributed by atoms with Gasteiger partial charge in [0.25, 0.3) is 0 Å². The SMILES string of the molecule is CC/C=C\C/C=C\C/C=C\C/C=C\C/C=C\CCCCCC(=O)OC(COCCCC/C=C\C/C=C\C/C=C\C/C=C\C/C=C\CC)COP(=O)(O)OCCN.